The number of hydrogen-bond acceptors (Lipinski definition) is 7. The van der Waals surface area contributed by atoms with E-state index in [1.54, 1.807) is 16.9 Å². The summed E-state index contributed by atoms with van der Waals surface area (Å²) in [4.78, 5) is 24.6. The molecule has 0 bridgehead atoms. The Labute approximate surface area is 197 Å². The number of aromatic nitrogens is 4. The maximum atomic E-state index is 13.9. The monoisotopic (exact) mass is 516 g/mol. The minimum absolute atomic E-state index is 0.0460. The van der Waals surface area contributed by atoms with Gasteiger partial charge in [0.25, 0.3) is 0 Å². The van der Waals surface area contributed by atoms with Gasteiger partial charge in [-0.1, -0.05) is 6.07 Å². The number of nitrogen functional groups attached to an aromatic ring is 1. The van der Waals surface area contributed by atoms with Gasteiger partial charge in [0.15, 0.2) is 11.8 Å². The van der Waals surface area contributed by atoms with E-state index in [1.165, 1.54) is 0 Å². The maximum Gasteiger partial charge on any atom is 0.338 e. The summed E-state index contributed by atoms with van der Waals surface area (Å²) in [7, 11) is 0. The van der Waals surface area contributed by atoms with Crippen LogP contribution in [0.1, 0.15) is 43.0 Å². The number of fused-ring (bicyclic) bond motifs is 1. The smallest absolute Gasteiger partial charge is 0.338 e. The SMILES string of the molecule is Nc1c(Br)c([C@H]2CC[C@@H](C(F)C(=O)O)CC2)nc2c(-c3ccc(C4=NCCO4)nc3)cnn12. The highest BCUT2D eigenvalue weighted by Crippen LogP contribution is 2.41. The highest BCUT2D eigenvalue weighted by molar-refractivity contribution is 9.10. The van der Waals surface area contributed by atoms with Crippen LogP contribution in [0.3, 0.4) is 0 Å². The lowest BCUT2D eigenvalue weighted by atomic mass is 9.78. The second-order valence-corrected chi connectivity index (χ2v) is 9.10. The number of aliphatic carboxylic acids is 1. The first-order chi connectivity index (χ1) is 15.9. The fourth-order valence-electron chi connectivity index (χ4n) is 4.54. The topological polar surface area (TPSA) is 128 Å². The number of carboxylic acid groups (broad SMARTS) is 1. The molecule has 1 aliphatic heterocycles. The molecule has 2 aliphatic rings. The molecule has 33 heavy (non-hydrogen) atoms. The van der Waals surface area contributed by atoms with E-state index in [1.807, 2.05) is 12.1 Å². The first-order valence-corrected chi connectivity index (χ1v) is 11.6. The van der Waals surface area contributed by atoms with Crippen LogP contribution in [-0.2, 0) is 9.53 Å². The Morgan fingerprint density at radius 2 is 2.06 bits per heavy atom. The molecule has 9 nitrogen and oxygen atoms in total. The van der Waals surface area contributed by atoms with Crippen molar-refractivity contribution in [3.8, 4) is 11.1 Å². The van der Waals surface area contributed by atoms with Gasteiger partial charge in [-0.05, 0) is 47.7 Å². The zero-order chi connectivity index (χ0) is 23.1. The van der Waals surface area contributed by atoms with Gasteiger partial charge in [0.1, 0.15) is 18.1 Å². The summed E-state index contributed by atoms with van der Waals surface area (Å²) in [5.74, 6) is -0.843. The van der Waals surface area contributed by atoms with Gasteiger partial charge in [-0.25, -0.2) is 19.2 Å². The van der Waals surface area contributed by atoms with E-state index in [2.05, 4.69) is 31.0 Å². The number of nitrogens with two attached hydrogens (primary N) is 1. The van der Waals surface area contributed by atoms with Crippen LogP contribution in [0.2, 0.25) is 0 Å². The summed E-state index contributed by atoms with van der Waals surface area (Å²) in [6.45, 7) is 1.20. The molecular weight excluding hydrogens is 495 g/mol. The molecular formula is C22H22BrFN6O3. The van der Waals surface area contributed by atoms with E-state index in [0.29, 0.717) is 66.4 Å². The molecule has 1 unspecified atom stereocenters. The summed E-state index contributed by atoms with van der Waals surface area (Å²) < 4.78 is 21.6. The summed E-state index contributed by atoms with van der Waals surface area (Å²) in [5.41, 5.74) is 10.0. The fraction of sp³-hybridized carbons (Fsp3) is 0.409. The van der Waals surface area contributed by atoms with Crippen molar-refractivity contribution in [3.05, 3.63) is 40.4 Å². The standard InChI is InChI=1S/C22H22BrFN6O3/c23-16-18(12-3-1-11(2-4-12)17(24)22(31)32)29-20-14(10-28-30(20)19(16)25)13-5-6-15(27-9-13)21-26-7-8-33-21/h5-6,9-12,17H,1-4,7-8,25H2,(H,31,32)/t11-,12+,17?. The second-order valence-electron chi connectivity index (χ2n) is 8.31. The number of ether oxygens (including phenoxy) is 1. The van der Waals surface area contributed by atoms with Crippen molar-refractivity contribution in [3.63, 3.8) is 0 Å². The minimum Gasteiger partial charge on any atom is -0.479 e. The van der Waals surface area contributed by atoms with Crippen LogP contribution in [0, 0.1) is 5.92 Å². The number of rotatable bonds is 5. The molecule has 172 valence electrons. The lowest BCUT2D eigenvalue weighted by Gasteiger charge is -2.29. The Kier molecular flexibility index (Phi) is 5.73. The number of hydrogen-bond donors (Lipinski definition) is 2. The predicted octanol–water partition coefficient (Wildman–Crippen LogP) is 3.61. The van der Waals surface area contributed by atoms with Crippen molar-refractivity contribution in [2.24, 2.45) is 10.9 Å². The van der Waals surface area contributed by atoms with Crippen LogP contribution < -0.4 is 5.73 Å². The van der Waals surface area contributed by atoms with Crippen LogP contribution in [0.4, 0.5) is 10.2 Å². The largest absolute Gasteiger partial charge is 0.479 e. The number of pyridine rings is 1. The molecule has 0 saturated heterocycles. The Balaban J connectivity index is 1.45. The zero-order valence-corrected chi connectivity index (χ0v) is 19.2. The number of aliphatic imine (C=N–C) groups is 1. The summed E-state index contributed by atoms with van der Waals surface area (Å²) in [6, 6.07) is 3.77. The summed E-state index contributed by atoms with van der Waals surface area (Å²) in [5, 5.41) is 13.4. The highest BCUT2D eigenvalue weighted by atomic mass is 79.9. The number of nitrogens with zero attached hydrogens (tertiary/aromatic N) is 5. The van der Waals surface area contributed by atoms with Crippen molar-refractivity contribution in [1.29, 1.82) is 0 Å². The van der Waals surface area contributed by atoms with Crippen LogP contribution in [0.25, 0.3) is 16.8 Å². The van der Waals surface area contributed by atoms with Gasteiger partial charge in [0.2, 0.25) is 5.90 Å². The molecule has 3 N–H and O–H groups in total. The van der Waals surface area contributed by atoms with Crippen LogP contribution in [-0.4, -0.2) is 55.9 Å². The summed E-state index contributed by atoms with van der Waals surface area (Å²) >= 11 is 3.56. The van der Waals surface area contributed by atoms with E-state index in [-0.39, 0.29) is 5.92 Å². The molecule has 0 radical (unpaired) electrons. The van der Waals surface area contributed by atoms with Crippen LogP contribution >= 0.6 is 15.9 Å². The molecule has 0 spiro atoms. The maximum absolute atomic E-state index is 13.9. The third-order valence-electron chi connectivity index (χ3n) is 6.34. The number of alkyl halides is 1. The van der Waals surface area contributed by atoms with Crippen LogP contribution in [0.15, 0.2) is 34.0 Å². The van der Waals surface area contributed by atoms with E-state index in [9.17, 15) is 9.18 Å². The lowest BCUT2D eigenvalue weighted by Crippen LogP contribution is -2.28. The first-order valence-electron chi connectivity index (χ1n) is 10.8. The predicted molar refractivity (Wildman–Crippen MR) is 123 cm³/mol. The molecule has 11 heteroatoms. The normalized spacial score (nSPS) is 21.6. The van der Waals surface area contributed by atoms with Gasteiger partial charge in [-0.15, -0.1) is 0 Å². The second kappa shape index (κ2) is 8.69. The molecule has 0 amide bonds. The van der Waals surface area contributed by atoms with Gasteiger partial charge >= 0.3 is 5.97 Å². The number of carbonyl (C=O) groups is 1. The molecule has 1 atom stereocenters. The van der Waals surface area contributed by atoms with Gasteiger partial charge in [-0.2, -0.15) is 9.61 Å². The molecule has 3 aromatic heterocycles. The summed E-state index contributed by atoms with van der Waals surface area (Å²) in [6.07, 6.45) is 3.86. The fourth-order valence-corrected chi connectivity index (χ4v) is 5.12. The van der Waals surface area contributed by atoms with E-state index in [0.717, 1.165) is 16.8 Å². The Bertz CT molecular complexity index is 1240. The number of carboxylic acids is 1. The zero-order valence-electron chi connectivity index (χ0n) is 17.6. The van der Waals surface area contributed by atoms with Crippen molar-refractivity contribution in [2.45, 2.75) is 37.8 Å². The highest BCUT2D eigenvalue weighted by Gasteiger charge is 2.34. The quantitative estimate of drug-likeness (QED) is 0.529. The van der Waals surface area contributed by atoms with Gasteiger partial charge in [-0.3, -0.25) is 4.98 Å². The molecule has 0 aromatic carbocycles. The molecule has 1 saturated carbocycles. The molecule has 1 fully saturated rings. The molecule has 4 heterocycles. The van der Waals surface area contributed by atoms with Crippen molar-refractivity contribution in [2.75, 3.05) is 18.9 Å². The van der Waals surface area contributed by atoms with E-state index >= 15 is 0 Å². The third kappa shape index (κ3) is 3.94. The van der Waals surface area contributed by atoms with Crippen molar-refractivity contribution < 1.29 is 19.0 Å². The van der Waals surface area contributed by atoms with Gasteiger partial charge in [0, 0.05) is 29.2 Å². The first kappa shape index (κ1) is 21.7. The third-order valence-corrected chi connectivity index (χ3v) is 7.15. The van der Waals surface area contributed by atoms with Crippen molar-refractivity contribution in [1.82, 2.24) is 19.6 Å². The van der Waals surface area contributed by atoms with E-state index in [4.69, 9.17) is 20.6 Å². The average molecular weight is 517 g/mol. The number of halogens is 2. The number of anilines is 1. The van der Waals surface area contributed by atoms with Gasteiger partial charge in [0.05, 0.1) is 22.9 Å². The Morgan fingerprint density at radius 1 is 1.27 bits per heavy atom. The molecule has 5 rings (SSSR count). The molecule has 3 aromatic rings. The Hall–Kier alpha value is -3.08. The lowest BCUT2D eigenvalue weighted by molar-refractivity contribution is -0.145. The minimum atomic E-state index is -1.83. The van der Waals surface area contributed by atoms with E-state index < -0.39 is 18.1 Å². The van der Waals surface area contributed by atoms with Gasteiger partial charge < -0.3 is 15.6 Å². The van der Waals surface area contributed by atoms with Crippen LogP contribution in [0.5, 0.6) is 0 Å². The van der Waals surface area contributed by atoms with Crippen molar-refractivity contribution >= 4 is 39.3 Å². The molecule has 1 aliphatic carbocycles. The average Bonchev–Trinajstić information content (AvgIpc) is 3.51. The Morgan fingerprint density at radius 3 is 2.70 bits per heavy atom.